The van der Waals surface area contributed by atoms with Gasteiger partial charge in [0.25, 0.3) is 0 Å². The molecule has 16 nitrogen and oxygen atoms in total. The Bertz CT molecular complexity index is 3240. The van der Waals surface area contributed by atoms with E-state index in [1.807, 2.05) is 63.8 Å². The highest BCUT2D eigenvalue weighted by molar-refractivity contribution is 7.71. The highest BCUT2D eigenvalue weighted by Gasteiger charge is 2.54. The molecule has 4 aliphatic heterocycles. The number of aryl methyl sites for hydroxylation is 1. The number of H-pyrrole nitrogens is 1. The molecule has 0 spiro atoms. The van der Waals surface area contributed by atoms with Crippen molar-refractivity contribution >= 4 is 62.9 Å². The molecule has 8 heterocycles. The number of β-amino-alcohol motifs (C(OH)–C–C–N with tert-alkyl or cyclic N) is 1. The standard InChI is InChI=1S/C55H64F5N11O5S2/c1-28(30-12-14-31(15-13-30)48-29(2)62-27-78-48)63-51(74)39-20-35(72)24-71(39)52(75)49(54(3,4)5)65-41(73)11-6-7-18-69-25-37(55(58,59)60)40(69)26-76-53-67-45-36(50(68-53)70-22-33-16-17-34(23-70)64-33)21-61-47(44(45)57)46-43-32(19-42(77)66-46)9-8-10-38(43)56/h8-10,12-15,19,21,27-28,33-35,37,39-41,49,64-65,72-73H,6-7,11,16-18,20,22-26H2,1-5H3,(H,63,74)(H,66,77)/t28-,33?,34?,35+,37+,39-,40+,41?,49+/m0/s1. The van der Waals surface area contributed by atoms with Crippen LogP contribution in [0.4, 0.5) is 27.8 Å². The molecule has 0 aliphatic carbocycles. The van der Waals surface area contributed by atoms with Gasteiger partial charge < -0.3 is 40.4 Å². The van der Waals surface area contributed by atoms with Crippen LogP contribution in [0.25, 0.3) is 43.5 Å². The Morgan fingerprint density at radius 2 is 1.74 bits per heavy atom. The first kappa shape index (κ1) is 55.5. The quantitative estimate of drug-likeness (QED) is 0.0222. The van der Waals surface area contributed by atoms with Crippen molar-refractivity contribution in [2.24, 2.45) is 11.3 Å². The lowest BCUT2D eigenvalue weighted by molar-refractivity contribution is -0.234. The molecule has 416 valence electrons. The number of benzene rings is 2. The highest BCUT2D eigenvalue weighted by atomic mass is 32.1. The first-order chi connectivity index (χ1) is 37.1. The zero-order valence-electron chi connectivity index (χ0n) is 43.9. The molecule has 10 rings (SSSR count). The molecule has 3 unspecified atom stereocenters. The fourth-order valence-electron chi connectivity index (χ4n) is 11.5. The number of anilines is 1. The zero-order chi connectivity index (χ0) is 55.4. The molecule has 4 aromatic heterocycles. The molecule has 78 heavy (non-hydrogen) atoms. The maximum Gasteiger partial charge on any atom is 0.394 e. The summed E-state index contributed by atoms with van der Waals surface area (Å²) in [4.78, 5) is 55.0. The van der Waals surface area contributed by atoms with Crippen molar-refractivity contribution in [1.29, 1.82) is 0 Å². The molecule has 9 atom stereocenters. The van der Waals surface area contributed by atoms with E-state index in [0.717, 1.165) is 34.5 Å². The van der Waals surface area contributed by atoms with E-state index >= 15 is 8.78 Å². The minimum atomic E-state index is -4.55. The number of aromatic nitrogens is 5. The Balaban J connectivity index is 0.790. The number of likely N-dealkylation sites (tertiary alicyclic amines) is 2. The summed E-state index contributed by atoms with van der Waals surface area (Å²) in [5, 5.41) is 32.5. The van der Waals surface area contributed by atoms with Gasteiger partial charge in [-0.3, -0.25) is 24.8 Å². The number of amides is 2. The summed E-state index contributed by atoms with van der Waals surface area (Å²) < 4.78 is 82.2. The monoisotopic (exact) mass is 1120 g/mol. The van der Waals surface area contributed by atoms with Crippen molar-refractivity contribution < 1.29 is 46.5 Å². The van der Waals surface area contributed by atoms with Crippen molar-refractivity contribution in [2.45, 2.75) is 128 Å². The third-order valence-corrected chi connectivity index (χ3v) is 16.9. The average Bonchev–Trinajstić information content (AvgIpc) is 4.18. The Hall–Kier alpha value is -5.82. The van der Waals surface area contributed by atoms with Crippen LogP contribution >= 0.6 is 23.6 Å². The number of aromatic amines is 1. The lowest BCUT2D eigenvalue weighted by atomic mass is 9.85. The number of aliphatic hydroxyl groups is 2. The molecule has 23 heteroatoms. The van der Waals surface area contributed by atoms with E-state index in [-0.39, 0.29) is 82.9 Å². The third-order valence-electron chi connectivity index (χ3n) is 15.7. The van der Waals surface area contributed by atoms with Gasteiger partial charge in [0.1, 0.15) is 46.4 Å². The van der Waals surface area contributed by atoms with Crippen molar-refractivity contribution in [2.75, 3.05) is 44.2 Å². The topological polar surface area (TPSA) is 197 Å². The number of thiazole rings is 1. The number of piperazine rings is 1. The second-order valence-electron chi connectivity index (χ2n) is 22.3. The fraction of sp³-hybridized carbons (Fsp3) is 0.509. The van der Waals surface area contributed by atoms with Crippen molar-refractivity contribution in [3.63, 3.8) is 0 Å². The summed E-state index contributed by atoms with van der Waals surface area (Å²) in [5.41, 5.74) is 3.41. The van der Waals surface area contributed by atoms with Crippen LogP contribution in [0, 0.1) is 34.5 Å². The molecule has 4 aliphatic rings. The molecule has 2 amide bonds. The van der Waals surface area contributed by atoms with Crippen LogP contribution in [-0.4, -0.2) is 145 Å². The summed E-state index contributed by atoms with van der Waals surface area (Å²) in [5.74, 6) is -3.82. The Kier molecular flexibility index (Phi) is 15.9. The number of unbranched alkanes of at least 4 members (excludes halogenated alkanes) is 1. The third kappa shape index (κ3) is 11.6. The number of alkyl halides is 3. The molecule has 2 aromatic carbocycles. The summed E-state index contributed by atoms with van der Waals surface area (Å²) in [7, 11) is 0. The molecule has 2 bridgehead atoms. The molecule has 6 N–H and O–H groups in total. The van der Waals surface area contributed by atoms with Gasteiger partial charge in [0.05, 0.1) is 57.3 Å². The number of pyridine rings is 2. The predicted octanol–water partition coefficient (Wildman–Crippen LogP) is 8.13. The normalized spacial score (nSPS) is 22.9. The molecule has 0 saturated carbocycles. The SMILES string of the molecule is Cc1ncsc1-c1ccc([C@H](C)NC(=O)[C@@H]2C[C@@H](O)CN2C(=O)[C@@H](NC(O)CCCCN2C[C@@H](C(F)(F)F)[C@H]2COc2nc(N3CC4CCC(C3)N4)c3cnc(-c4[nH]c(=S)cc5cccc(F)c45)c(F)c3n2)C(C)(C)C)cc1. The zero-order valence-corrected chi connectivity index (χ0v) is 45.5. The number of ether oxygens (including phenoxy) is 1. The van der Waals surface area contributed by atoms with E-state index < -0.39 is 84.1 Å². The lowest BCUT2D eigenvalue weighted by Crippen LogP contribution is -2.63. The van der Waals surface area contributed by atoms with E-state index in [0.29, 0.717) is 37.1 Å². The van der Waals surface area contributed by atoms with Gasteiger partial charge in [0.2, 0.25) is 11.8 Å². The summed E-state index contributed by atoms with van der Waals surface area (Å²) in [6, 6.07) is 10.3. The number of carbonyl (C=O) groups is 2. The van der Waals surface area contributed by atoms with E-state index in [9.17, 15) is 33.0 Å². The molecule has 4 fully saturated rings. The van der Waals surface area contributed by atoms with Gasteiger partial charge in [-0.1, -0.05) is 69.4 Å². The number of hydrogen-bond donors (Lipinski definition) is 6. The Morgan fingerprint density at radius 3 is 2.44 bits per heavy atom. The van der Waals surface area contributed by atoms with Gasteiger partial charge in [-0.2, -0.15) is 23.1 Å². The van der Waals surface area contributed by atoms with Crippen LogP contribution in [0.2, 0.25) is 0 Å². The van der Waals surface area contributed by atoms with E-state index in [2.05, 4.69) is 40.9 Å². The maximum atomic E-state index is 17.0. The lowest BCUT2D eigenvalue weighted by Gasteiger charge is -2.48. The second kappa shape index (κ2) is 22.4. The summed E-state index contributed by atoms with van der Waals surface area (Å²) >= 11 is 6.96. The van der Waals surface area contributed by atoms with Crippen LogP contribution in [0.5, 0.6) is 6.01 Å². The summed E-state index contributed by atoms with van der Waals surface area (Å²) in [6.45, 7) is 9.75. The van der Waals surface area contributed by atoms with E-state index in [1.165, 1.54) is 23.2 Å². The first-order valence-electron chi connectivity index (χ1n) is 26.5. The van der Waals surface area contributed by atoms with Gasteiger partial charge in [-0.05, 0) is 86.6 Å². The average molecular weight is 1120 g/mol. The predicted molar refractivity (Wildman–Crippen MR) is 289 cm³/mol. The van der Waals surface area contributed by atoms with Gasteiger partial charge in [0, 0.05) is 56.3 Å². The maximum absolute atomic E-state index is 17.0. The van der Waals surface area contributed by atoms with Crippen molar-refractivity contribution in [1.82, 2.24) is 50.7 Å². The minimum Gasteiger partial charge on any atom is -0.462 e. The van der Waals surface area contributed by atoms with Crippen LogP contribution < -0.4 is 25.6 Å². The van der Waals surface area contributed by atoms with E-state index in [1.54, 1.807) is 33.9 Å². The highest BCUT2D eigenvalue weighted by Crippen LogP contribution is 2.41. The number of nitrogens with zero attached hydrogens (tertiary/aromatic N) is 7. The summed E-state index contributed by atoms with van der Waals surface area (Å²) in [6.07, 6.45) is -2.44. The molecular formula is C55H64F5N11O5S2. The smallest absolute Gasteiger partial charge is 0.394 e. The number of fused-ring (bicyclic) bond motifs is 4. The molecule has 0 radical (unpaired) electrons. The first-order valence-corrected chi connectivity index (χ1v) is 27.8. The number of rotatable bonds is 17. The fourth-order valence-corrected chi connectivity index (χ4v) is 12.6. The molecular weight excluding hydrogens is 1050 g/mol. The van der Waals surface area contributed by atoms with Gasteiger partial charge in [0.15, 0.2) is 5.82 Å². The number of aliphatic hydroxyl groups excluding tert-OH is 2. The van der Waals surface area contributed by atoms with E-state index in [4.69, 9.17) is 17.0 Å². The van der Waals surface area contributed by atoms with Crippen molar-refractivity contribution in [3.05, 3.63) is 87.8 Å². The van der Waals surface area contributed by atoms with Crippen LogP contribution in [0.15, 0.2) is 60.2 Å². The van der Waals surface area contributed by atoms with Gasteiger partial charge >= 0.3 is 12.2 Å². The largest absolute Gasteiger partial charge is 0.462 e. The number of carbonyl (C=O) groups excluding carboxylic acids is 2. The number of halogens is 5. The Morgan fingerprint density at radius 1 is 1.00 bits per heavy atom. The number of hydrogen-bond acceptors (Lipinski definition) is 15. The molecule has 6 aromatic rings. The van der Waals surface area contributed by atoms with Crippen molar-refractivity contribution in [3.8, 4) is 27.8 Å². The molecule has 4 saturated heterocycles. The van der Waals surface area contributed by atoms with Gasteiger partial charge in [-0.25, -0.2) is 13.8 Å². The minimum absolute atomic E-state index is 0.00604. The van der Waals surface area contributed by atoms with Gasteiger partial charge in [-0.15, -0.1) is 11.3 Å². The number of nitrogens with one attached hydrogen (secondary N) is 4. The van der Waals surface area contributed by atoms with Crippen LogP contribution in [-0.2, 0) is 9.59 Å². The van der Waals surface area contributed by atoms with Crippen LogP contribution in [0.1, 0.15) is 83.5 Å². The van der Waals surface area contributed by atoms with Crippen LogP contribution in [0.3, 0.4) is 0 Å². The Labute approximate surface area is 457 Å². The second-order valence-corrected chi connectivity index (χ2v) is 23.6.